The van der Waals surface area contributed by atoms with Crippen LogP contribution in [0.5, 0.6) is 0 Å². The third-order valence-electron chi connectivity index (χ3n) is 4.09. The molecule has 1 aliphatic heterocycles. The Hall–Kier alpha value is -1.09. The van der Waals surface area contributed by atoms with Gasteiger partial charge in [-0.15, -0.1) is 0 Å². The first-order valence-electron chi connectivity index (χ1n) is 7.72. The largest absolute Gasteiger partial charge is 0.367 e. The zero-order valence-electron chi connectivity index (χ0n) is 12.5. The molecule has 106 valence electrons. The number of anilines is 1. The highest BCUT2D eigenvalue weighted by Crippen LogP contribution is 2.27. The Morgan fingerprint density at radius 1 is 1.42 bits per heavy atom. The Labute approximate surface area is 117 Å². The van der Waals surface area contributed by atoms with Gasteiger partial charge in [0.1, 0.15) is 0 Å². The van der Waals surface area contributed by atoms with E-state index in [9.17, 15) is 0 Å². The number of nitrogens with zero attached hydrogens (tertiary/aromatic N) is 2. The van der Waals surface area contributed by atoms with Gasteiger partial charge in [-0.3, -0.25) is 4.98 Å². The van der Waals surface area contributed by atoms with Gasteiger partial charge in [-0.1, -0.05) is 13.8 Å². The average molecular weight is 261 g/mol. The summed E-state index contributed by atoms with van der Waals surface area (Å²) in [6.07, 6.45) is 7.08. The number of nitrogens with one attached hydrogen (secondary N) is 1. The molecule has 2 rings (SSSR count). The van der Waals surface area contributed by atoms with Crippen LogP contribution < -0.4 is 10.2 Å². The molecule has 1 aromatic rings. The summed E-state index contributed by atoms with van der Waals surface area (Å²) in [7, 11) is 0. The first-order valence-corrected chi connectivity index (χ1v) is 7.72. The van der Waals surface area contributed by atoms with Crippen molar-refractivity contribution in [3.8, 4) is 0 Å². The molecule has 1 aromatic heterocycles. The molecule has 2 atom stereocenters. The van der Waals surface area contributed by atoms with Crippen LogP contribution in [-0.4, -0.2) is 24.1 Å². The van der Waals surface area contributed by atoms with Crippen LogP contribution in [0.1, 0.15) is 58.2 Å². The van der Waals surface area contributed by atoms with Gasteiger partial charge in [-0.2, -0.15) is 0 Å². The third kappa shape index (κ3) is 3.47. The summed E-state index contributed by atoms with van der Waals surface area (Å²) in [4.78, 5) is 7.16. The van der Waals surface area contributed by atoms with E-state index in [0.29, 0.717) is 12.1 Å². The minimum absolute atomic E-state index is 0.342. The van der Waals surface area contributed by atoms with Crippen molar-refractivity contribution in [3.63, 3.8) is 0 Å². The maximum atomic E-state index is 4.64. The van der Waals surface area contributed by atoms with Crippen molar-refractivity contribution < 1.29 is 0 Å². The third-order valence-corrected chi connectivity index (χ3v) is 4.09. The summed E-state index contributed by atoms with van der Waals surface area (Å²) in [5.41, 5.74) is 2.43. The van der Waals surface area contributed by atoms with Gasteiger partial charge in [0, 0.05) is 18.6 Å². The van der Waals surface area contributed by atoms with Crippen molar-refractivity contribution in [1.29, 1.82) is 0 Å². The van der Waals surface area contributed by atoms with Crippen molar-refractivity contribution in [2.45, 2.75) is 58.5 Å². The van der Waals surface area contributed by atoms with Crippen LogP contribution in [0.2, 0.25) is 0 Å². The standard InChI is InChI=1S/C16H27N3/c1-4-10-17-13(3)16-9-8-15(12-18-16)19-11-6-7-14(19)5-2/h8-9,12-14,17H,4-7,10-11H2,1-3H3. The van der Waals surface area contributed by atoms with E-state index >= 15 is 0 Å². The molecule has 1 fully saturated rings. The average Bonchev–Trinajstić information content (AvgIpc) is 2.93. The van der Waals surface area contributed by atoms with Gasteiger partial charge in [0.15, 0.2) is 0 Å². The first-order chi connectivity index (χ1) is 9.26. The van der Waals surface area contributed by atoms with E-state index in [1.54, 1.807) is 0 Å². The molecule has 0 amide bonds. The highest BCUT2D eigenvalue weighted by molar-refractivity contribution is 5.47. The zero-order chi connectivity index (χ0) is 13.7. The lowest BCUT2D eigenvalue weighted by molar-refractivity contribution is 0.558. The van der Waals surface area contributed by atoms with E-state index in [1.165, 1.54) is 31.5 Å². The van der Waals surface area contributed by atoms with Gasteiger partial charge >= 0.3 is 0 Å². The minimum atomic E-state index is 0.342. The Morgan fingerprint density at radius 2 is 2.26 bits per heavy atom. The van der Waals surface area contributed by atoms with E-state index in [1.807, 2.05) is 6.20 Å². The molecule has 3 nitrogen and oxygen atoms in total. The van der Waals surface area contributed by atoms with Crippen LogP contribution in [0, 0.1) is 0 Å². The summed E-state index contributed by atoms with van der Waals surface area (Å²) < 4.78 is 0. The molecule has 19 heavy (non-hydrogen) atoms. The monoisotopic (exact) mass is 261 g/mol. The van der Waals surface area contributed by atoms with Crippen molar-refractivity contribution in [1.82, 2.24) is 10.3 Å². The summed E-state index contributed by atoms with van der Waals surface area (Å²) in [6.45, 7) is 8.89. The van der Waals surface area contributed by atoms with Crippen molar-refractivity contribution >= 4 is 5.69 Å². The lowest BCUT2D eigenvalue weighted by atomic mass is 10.1. The Kier molecular flexibility index (Phi) is 5.20. The van der Waals surface area contributed by atoms with E-state index in [0.717, 1.165) is 18.7 Å². The molecule has 0 aliphatic carbocycles. The lowest BCUT2D eigenvalue weighted by Gasteiger charge is -2.26. The van der Waals surface area contributed by atoms with Crippen LogP contribution in [-0.2, 0) is 0 Å². The van der Waals surface area contributed by atoms with Crippen LogP contribution in [0.3, 0.4) is 0 Å². The van der Waals surface area contributed by atoms with Gasteiger partial charge in [-0.25, -0.2) is 0 Å². The van der Waals surface area contributed by atoms with Gasteiger partial charge in [0.25, 0.3) is 0 Å². The molecule has 0 radical (unpaired) electrons. The van der Waals surface area contributed by atoms with Crippen molar-refractivity contribution in [3.05, 3.63) is 24.0 Å². The van der Waals surface area contributed by atoms with Crippen LogP contribution in [0.15, 0.2) is 18.3 Å². The van der Waals surface area contributed by atoms with Crippen molar-refractivity contribution in [2.75, 3.05) is 18.0 Å². The fraction of sp³-hybridized carbons (Fsp3) is 0.688. The minimum Gasteiger partial charge on any atom is -0.367 e. The number of pyridine rings is 1. The predicted octanol–water partition coefficient (Wildman–Crippen LogP) is 3.52. The maximum Gasteiger partial charge on any atom is 0.0572 e. The molecule has 0 aromatic carbocycles. The molecule has 2 heterocycles. The highest BCUT2D eigenvalue weighted by Gasteiger charge is 2.23. The molecule has 1 saturated heterocycles. The van der Waals surface area contributed by atoms with E-state index in [2.05, 4.69) is 48.1 Å². The summed E-state index contributed by atoms with van der Waals surface area (Å²) in [5.74, 6) is 0. The molecular formula is C16H27N3. The van der Waals surface area contributed by atoms with Crippen LogP contribution in [0.25, 0.3) is 0 Å². The summed E-state index contributed by atoms with van der Waals surface area (Å²) >= 11 is 0. The Morgan fingerprint density at radius 3 is 2.89 bits per heavy atom. The highest BCUT2D eigenvalue weighted by atomic mass is 15.2. The van der Waals surface area contributed by atoms with Crippen molar-refractivity contribution in [2.24, 2.45) is 0 Å². The van der Waals surface area contributed by atoms with E-state index < -0.39 is 0 Å². The molecule has 0 bridgehead atoms. The smallest absolute Gasteiger partial charge is 0.0572 e. The van der Waals surface area contributed by atoms with Gasteiger partial charge in [0.05, 0.1) is 17.6 Å². The summed E-state index contributed by atoms with van der Waals surface area (Å²) in [6, 6.07) is 5.46. The molecule has 2 unspecified atom stereocenters. The Balaban J connectivity index is 2.01. The molecule has 3 heteroatoms. The van der Waals surface area contributed by atoms with Gasteiger partial charge in [0.2, 0.25) is 0 Å². The number of rotatable bonds is 6. The summed E-state index contributed by atoms with van der Waals surface area (Å²) in [5, 5.41) is 3.48. The molecular weight excluding hydrogens is 234 g/mol. The van der Waals surface area contributed by atoms with E-state index in [-0.39, 0.29) is 0 Å². The predicted molar refractivity (Wildman–Crippen MR) is 81.6 cm³/mol. The molecule has 1 aliphatic rings. The van der Waals surface area contributed by atoms with Gasteiger partial charge in [-0.05, 0) is 51.3 Å². The van der Waals surface area contributed by atoms with Crippen LogP contribution in [0.4, 0.5) is 5.69 Å². The number of hydrogen-bond acceptors (Lipinski definition) is 3. The first kappa shape index (κ1) is 14.3. The normalized spacial score (nSPS) is 20.8. The van der Waals surface area contributed by atoms with E-state index in [4.69, 9.17) is 0 Å². The molecule has 0 saturated carbocycles. The number of aromatic nitrogens is 1. The lowest BCUT2D eigenvalue weighted by Crippen LogP contribution is -2.28. The second-order valence-corrected chi connectivity index (χ2v) is 5.51. The quantitative estimate of drug-likeness (QED) is 0.849. The fourth-order valence-corrected chi connectivity index (χ4v) is 2.89. The Bertz CT molecular complexity index is 374. The van der Waals surface area contributed by atoms with Gasteiger partial charge < -0.3 is 10.2 Å². The molecule has 1 N–H and O–H groups in total. The second-order valence-electron chi connectivity index (χ2n) is 5.51. The molecule has 0 spiro atoms. The van der Waals surface area contributed by atoms with Crippen LogP contribution >= 0.6 is 0 Å². The number of hydrogen-bond donors (Lipinski definition) is 1. The maximum absolute atomic E-state index is 4.64. The fourth-order valence-electron chi connectivity index (χ4n) is 2.89. The SMILES string of the molecule is CCCNC(C)c1ccc(N2CCCC2CC)cn1. The zero-order valence-corrected chi connectivity index (χ0v) is 12.5. The topological polar surface area (TPSA) is 28.2 Å². The second kappa shape index (κ2) is 6.90.